The zero-order chi connectivity index (χ0) is 24.7. The number of sulfonamides is 1. The van der Waals surface area contributed by atoms with Crippen LogP contribution in [0.25, 0.3) is 10.9 Å². The van der Waals surface area contributed by atoms with E-state index in [0.717, 1.165) is 48.0 Å². The lowest BCUT2D eigenvalue weighted by Crippen LogP contribution is -2.49. The van der Waals surface area contributed by atoms with E-state index in [4.69, 9.17) is 14.7 Å². The summed E-state index contributed by atoms with van der Waals surface area (Å²) in [6, 6.07) is 15.6. The van der Waals surface area contributed by atoms with Crippen molar-refractivity contribution in [2.24, 2.45) is 5.92 Å². The fraction of sp³-hybridized carbons (Fsp3) is 0.481. The highest BCUT2D eigenvalue weighted by molar-refractivity contribution is 7.89. The summed E-state index contributed by atoms with van der Waals surface area (Å²) in [4.78, 5) is 15.1. The molecule has 0 amide bonds. The van der Waals surface area contributed by atoms with Crippen molar-refractivity contribution in [3.05, 3.63) is 54.4 Å². The Bertz CT molecular complexity index is 1340. The van der Waals surface area contributed by atoms with Gasteiger partial charge in [0.25, 0.3) is 0 Å². The fourth-order valence-electron chi connectivity index (χ4n) is 5.97. The number of piperidine rings is 1. The van der Waals surface area contributed by atoms with Crippen LogP contribution in [0.1, 0.15) is 25.1 Å². The number of nitrogens with zero attached hydrogens (tertiary/aromatic N) is 5. The van der Waals surface area contributed by atoms with E-state index in [1.165, 1.54) is 19.3 Å². The Balaban J connectivity index is 1.11. The second-order valence-electron chi connectivity index (χ2n) is 10.1. The third-order valence-electron chi connectivity index (χ3n) is 7.99. The number of rotatable bonds is 7. The molecule has 0 spiro atoms. The van der Waals surface area contributed by atoms with Gasteiger partial charge in [-0.05, 0) is 61.6 Å². The molecule has 190 valence electrons. The van der Waals surface area contributed by atoms with Crippen molar-refractivity contribution in [1.29, 1.82) is 0 Å². The van der Waals surface area contributed by atoms with Crippen LogP contribution in [0.15, 0.2) is 53.4 Å². The summed E-state index contributed by atoms with van der Waals surface area (Å²) in [5.74, 6) is 3.42. The van der Waals surface area contributed by atoms with E-state index in [0.29, 0.717) is 42.9 Å². The van der Waals surface area contributed by atoms with Gasteiger partial charge < -0.3 is 14.5 Å². The molecule has 8 nitrogen and oxygen atoms in total. The molecular weight excluding hydrogens is 474 g/mol. The SMILES string of the molecule is COc1ccc(S(=O)(=O)N2CCN(CCc3nc(N4CC5CCC4C5)c4ccccc4n3)CC2)cc1. The molecule has 0 radical (unpaired) electrons. The number of para-hydroxylation sites is 1. The van der Waals surface area contributed by atoms with Crippen molar-refractivity contribution >= 4 is 26.7 Å². The minimum Gasteiger partial charge on any atom is -0.497 e. The molecule has 1 aromatic heterocycles. The molecule has 2 aliphatic heterocycles. The summed E-state index contributed by atoms with van der Waals surface area (Å²) in [6.45, 7) is 4.29. The summed E-state index contributed by atoms with van der Waals surface area (Å²) in [5, 5.41) is 1.14. The van der Waals surface area contributed by atoms with Crippen molar-refractivity contribution < 1.29 is 13.2 Å². The van der Waals surface area contributed by atoms with Crippen molar-refractivity contribution in [2.45, 2.75) is 36.6 Å². The monoisotopic (exact) mass is 507 g/mol. The van der Waals surface area contributed by atoms with Gasteiger partial charge in [-0.1, -0.05) is 12.1 Å². The maximum Gasteiger partial charge on any atom is 0.243 e. The maximum atomic E-state index is 13.1. The topological polar surface area (TPSA) is 78.9 Å². The van der Waals surface area contributed by atoms with Crippen LogP contribution in [-0.4, -0.2) is 80.0 Å². The first-order chi connectivity index (χ1) is 17.5. The first-order valence-electron chi connectivity index (χ1n) is 12.9. The molecule has 2 saturated heterocycles. The molecule has 2 atom stereocenters. The largest absolute Gasteiger partial charge is 0.497 e. The van der Waals surface area contributed by atoms with Crippen molar-refractivity contribution in [3.8, 4) is 5.75 Å². The Morgan fingerprint density at radius 2 is 1.75 bits per heavy atom. The summed E-state index contributed by atoms with van der Waals surface area (Å²) >= 11 is 0. The normalized spacial score (nSPS) is 23.0. The van der Waals surface area contributed by atoms with Gasteiger partial charge in [-0.3, -0.25) is 0 Å². The third-order valence-corrected chi connectivity index (χ3v) is 9.90. The fourth-order valence-corrected chi connectivity index (χ4v) is 7.39. The zero-order valence-corrected chi connectivity index (χ0v) is 21.5. The van der Waals surface area contributed by atoms with Crippen molar-refractivity contribution in [3.63, 3.8) is 0 Å². The van der Waals surface area contributed by atoms with E-state index < -0.39 is 10.0 Å². The standard InChI is InChI=1S/C27H33N5O3S/c1-35-22-8-10-23(11-9-22)36(33,34)31-16-14-30(15-17-31)13-12-26-28-25-5-3-2-4-24(25)27(29-26)32-19-20-6-7-21(32)18-20/h2-5,8-11,20-21H,6-7,12-19H2,1H3. The van der Waals surface area contributed by atoms with Gasteiger partial charge in [-0.2, -0.15) is 4.31 Å². The summed E-state index contributed by atoms with van der Waals surface area (Å²) in [7, 11) is -1.93. The first-order valence-corrected chi connectivity index (χ1v) is 14.3. The van der Waals surface area contributed by atoms with Gasteiger partial charge in [0.05, 0.1) is 17.5 Å². The Morgan fingerprint density at radius 1 is 0.972 bits per heavy atom. The highest BCUT2D eigenvalue weighted by atomic mass is 32.2. The second kappa shape index (κ2) is 9.61. The lowest BCUT2D eigenvalue weighted by molar-refractivity contribution is 0.189. The van der Waals surface area contributed by atoms with Gasteiger partial charge in [0.2, 0.25) is 10.0 Å². The predicted molar refractivity (Wildman–Crippen MR) is 140 cm³/mol. The minimum atomic E-state index is -3.50. The van der Waals surface area contributed by atoms with E-state index in [1.54, 1.807) is 35.7 Å². The Morgan fingerprint density at radius 3 is 2.44 bits per heavy atom. The van der Waals surface area contributed by atoms with E-state index in [-0.39, 0.29) is 0 Å². The highest BCUT2D eigenvalue weighted by Gasteiger charge is 2.39. The molecule has 6 rings (SSSR count). The summed E-state index contributed by atoms with van der Waals surface area (Å²) in [5.41, 5.74) is 1.01. The Kier molecular flexibility index (Phi) is 6.31. The van der Waals surface area contributed by atoms with Gasteiger partial charge in [0.15, 0.2) is 0 Å². The third kappa shape index (κ3) is 4.44. The molecule has 3 aliphatic rings. The van der Waals surface area contributed by atoms with Gasteiger partial charge in [-0.15, -0.1) is 0 Å². The van der Waals surface area contributed by atoms with Gasteiger partial charge >= 0.3 is 0 Å². The number of fused-ring (bicyclic) bond motifs is 3. The highest BCUT2D eigenvalue weighted by Crippen LogP contribution is 2.41. The van der Waals surface area contributed by atoms with Gasteiger partial charge in [-0.25, -0.2) is 18.4 Å². The van der Waals surface area contributed by atoms with E-state index in [1.807, 2.05) is 6.07 Å². The van der Waals surface area contributed by atoms with Crippen LogP contribution in [0.5, 0.6) is 5.75 Å². The molecule has 9 heteroatoms. The quantitative estimate of drug-likeness (QED) is 0.486. The smallest absolute Gasteiger partial charge is 0.243 e. The Hall–Kier alpha value is -2.75. The van der Waals surface area contributed by atoms with Crippen LogP contribution >= 0.6 is 0 Å². The zero-order valence-electron chi connectivity index (χ0n) is 20.7. The Labute approximate surface area is 212 Å². The average molecular weight is 508 g/mol. The van der Waals surface area contributed by atoms with Crippen molar-refractivity contribution in [2.75, 3.05) is 51.3 Å². The minimum absolute atomic E-state index is 0.310. The van der Waals surface area contributed by atoms with E-state index in [2.05, 4.69) is 28.0 Å². The van der Waals surface area contributed by atoms with Crippen molar-refractivity contribution in [1.82, 2.24) is 19.2 Å². The van der Waals surface area contributed by atoms with Gasteiger partial charge in [0.1, 0.15) is 17.4 Å². The van der Waals surface area contributed by atoms with Crippen LogP contribution < -0.4 is 9.64 Å². The molecule has 3 heterocycles. The van der Waals surface area contributed by atoms with E-state index >= 15 is 0 Å². The number of ether oxygens (including phenoxy) is 1. The average Bonchev–Trinajstić information content (AvgIpc) is 3.56. The van der Waals surface area contributed by atoms with Crippen LogP contribution in [0.3, 0.4) is 0 Å². The molecule has 3 fully saturated rings. The molecule has 2 aromatic carbocycles. The number of hydrogen-bond donors (Lipinski definition) is 0. The van der Waals surface area contributed by atoms with E-state index in [9.17, 15) is 8.42 Å². The van der Waals surface area contributed by atoms with Crippen LogP contribution in [0, 0.1) is 5.92 Å². The predicted octanol–water partition coefficient (Wildman–Crippen LogP) is 3.18. The number of piperazine rings is 1. The molecule has 1 aliphatic carbocycles. The molecule has 2 unspecified atom stereocenters. The summed E-state index contributed by atoms with van der Waals surface area (Å²) < 4.78 is 32.8. The number of benzene rings is 2. The lowest BCUT2D eigenvalue weighted by Gasteiger charge is -2.34. The van der Waals surface area contributed by atoms with Gasteiger partial charge in [0, 0.05) is 57.1 Å². The number of methoxy groups -OCH3 is 1. The molecule has 1 saturated carbocycles. The molecular formula is C27H33N5O3S. The lowest BCUT2D eigenvalue weighted by atomic mass is 10.1. The number of aromatic nitrogens is 2. The van der Waals surface area contributed by atoms with Crippen LogP contribution in [0.2, 0.25) is 0 Å². The number of hydrogen-bond acceptors (Lipinski definition) is 7. The number of anilines is 1. The molecule has 2 bridgehead atoms. The summed E-state index contributed by atoms with van der Waals surface area (Å²) in [6.07, 6.45) is 4.65. The van der Waals surface area contributed by atoms with Crippen LogP contribution in [-0.2, 0) is 16.4 Å². The van der Waals surface area contributed by atoms with Crippen LogP contribution in [0.4, 0.5) is 5.82 Å². The molecule has 36 heavy (non-hydrogen) atoms. The molecule has 0 N–H and O–H groups in total. The first kappa shape index (κ1) is 23.6. The second-order valence-corrected chi connectivity index (χ2v) is 12.1. The molecule has 3 aromatic rings. The maximum absolute atomic E-state index is 13.1.